The van der Waals surface area contributed by atoms with Crippen LogP contribution in [-0.2, 0) is 9.63 Å². The van der Waals surface area contributed by atoms with Crippen molar-refractivity contribution in [2.75, 3.05) is 14.2 Å². The average molecular weight is 203 g/mol. The number of hydrogen-bond donors (Lipinski definition) is 0. The van der Waals surface area contributed by atoms with Crippen molar-refractivity contribution in [2.45, 2.75) is 26.7 Å². The number of halogens is 1. The molecule has 0 aromatic carbocycles. The van der Waals surface area contributed by atoms with Crippen LogP contribution >= 0.6 is 0 Å². The van der Waals surface area contributed by atoms with Gasteiger partial charge >= 0.3 is 5.91 Å². The minimum absolute atomic E-state index is 0.115. The normalized spacial score (nSPS) is 12.0. The summed E-state index contributed by atoms with van der Waals surface area (Å²) in [5.41, 5.74) is 0. The zero-order valence-corrected chi connectivity index (χ0v) is 9.21. The second-order valence-electron chi connectivity index (χ2n) is 3.08. The van der Waals surface area contributed by atoms with Gasteiger partial charge in [0, 0.05) is 7.05 Å². The molecule has 0 aliphatic rings. The first kappa shape index (κ1) is 13.1. The summed E-state index contributed by atoms with van der Waals surface area (Å²) in [4.78, 5) is 15.8. The van der Waals surface area contributed by atoms with E-state index in [1.54, 1.807) is 0 Å². The smallest absolute Gasteiger partial charge is 0.274 e. The summed E-state index contributed by atoms with van der Waals surface area (Å²) >= 11 is 0. The second kappa shape index (κ2) is 6.54. The van der Waals surface area contributed by atoms with Crippen LogP contribution in [0.2, 0.25) is 0 Å². The molecule has 0 rings (SSSR count). The summed E-state index contributed by atoms with van der Waals surface area (Å²) in [5.74, 6) is -1.37. The molecule has 0 aromatic heterocycles. The number of amides is 1. The Bertz CT molecular complexity index is 212. The van der Waals surface area contributed by atoms with Gasteiger partial charge in [-0.05, 0) is 24.8 Å². The summed E-state index contributed by atoms with van der Waals surface area (Å²) in [6.07, 6.45) is 3.01. The third-order valence-corrected chi connectivity index (χ3v) is 2.19. The Labute approximate surface area is 84.5 Å². The van der Waals surface area contributed by atoms with Crippen molar-refractivity contribution in [1.82, 2.24) is 5.06 Å². The predicted octanol–water partition coefficient (Wildman–Crippen LogP) is 2.30. The number of carbonyl (C=O) groups is 1. The number of likely N-dealkylation sites (N-methyl/N-ethyl adjacent to an activating group) is 1. The van der Waals surface area contributed by atoms with E-state index in [9.17, 15) is 9.18 Å². The topological polar surface area (TPSA) is 29.5 Å². The number of rotatable bonds is 5. The van der Waals surface area contributed by atoms with Gasteiger partial charge in [-0.25, -0.2) is 9.45 Å². The van der Waals surface area contributed by atoms with Gasteiger partial charge in [0.2, 0.25) is 0 Å². The van der Waals surface area contributed by atoms with E-state index in [-0.39, 0.29) is 5.92 Å². The molecule has 0 fully saturated rings. The molecule has 4 heteroatoms. The van der Waals surface area contributed by atoms with Gasteiger partial charge in [-0.3, -0.25) is 9.63 Å². The summed E-state index contributed by atoms with van der Waals surface area (Å²) < 4.78 is 13.2. The third-order valence-electron chi connectivity index (χ3n) is 2.19. The van der Waals surface area contributed by atoms with Gasteiger partial charge in [-0.15, -0.1) is 0 Å². The Balaban J connectivity index is 4.43. The molecule has 0 unspecified atom stereocenters. The van der Waals surface area contributed by atoms with Crippen LogP contribution in [-0.4, -0.2) is 25.1 Å². The fraction of sp³-hybridized carbons (Fsp3) is 0.700. The lowest BCUT2D eigenvalue weighted by Gasteiger charge is -2.13. The Morgan fingerprint density at radius 1 is 1.50 bits per heavy atom. The van der Waals surface area contributed by atoms with Gasteiger partial charge in [0.1, 0.15) is 0 Å². The summed E-state index contributed by atoms with van der Waals surface area (Å²) in [7, 11) is 2.70. The molecule has 0 spiro atoms. The lowest BCUT2D eigenvalue weighted by Crippen LogP contribution is -2.25. The molecule has 0 saturated heterocycles. The molecule has 82 valence electrons. The van der Waals surface area contributed by atoms with E-state index in [1.165, 1.54) is 20.2 Å². The lowest BCUT2D eigenvalue weighted by atomic mass is 10.0. The molecular weight excluding hydrogens is 185 g/mol. The van der Waals surface area contributed by atoms with Gasteiger partial charge in [-0.2, -0.15) is 0 Å². The molecule has 1 amide bonds. The van der Waals surface area contributed by atoms with E-state index in [2.05, 4.69) is 4.84 Å². The first-order chi connectivity index (χ1) is 6.56. The van der Waals surface area contributed by atoms with Crippen LogP contribution in [0, 0.1) is 5.92 Å². The van der Waals surface area contributed by atoms with Gasteiger partial charge in [0.05, 0.1) is 7.11 Å². The third kappa shape index (κ3) is 3.87. The average Bonchev–Trinajstić information content (AvgIpc) is 2.23. The molecule has 14 heavy (non-hydrogen) atoms. The fourth-order valence-corrected chi connectivity index (χ4v) is 1.04. The van der Waals surface area contributed by atoms with Crippen molar-refractivity contribution in [3.05, 3.63) is 11.9 Å². The van der Waals surface area contributed by atoms with E-state index >= 15 is 0 Å². The lowest BCUT2D eigenvalue weighted by molar-refractivity contribution is -0.165. The van der Waals surface area contributed by atoms with Gasteiger partial charge < -0.3 is 0 Å². The standard InChI is InChI=1S/C10H18FNO2/c1-5-8(6-2)7-9(11)10(13)12(3)14-4/h7-8H,5-6H2,1-4H3/b9-7-. The first-order valence-electron chi connectivity index (χ1n) is 4.76. The molecular formula is C10H18FNO2. The number of nitrogens with zero attached hydrogens (tertiary/aromatic N) is 1. The quantitative estimate of drug-likeness (QED) is 0.507. The molecule has 0 aliphatic heterocycles. The Morgan fingerprint density at radius 3 is 2.36 bits per heavy atom. The summed E-state index contributed by atoms with van der Waals surface area (Å²) in [5, 5.41) is 0.869. The number of allylic oxidation sites excluding steroid dienone is 1. The van der Waals surface area contributed by atoms with Crippen molar-refractivity contribution < 1.29 is 14.0 Å². The van der Waals surface area contributed by atoms with Crippen LogP contribution in [0.3, 0.4) is 0 Å². The largest absolute Gasteiger partial charge is 0.305 e. The van der Waals surface area contributed by atoms with Crippen molar-refractivity contribution in [2.24, 2.45) is 5.92 Å². The zero-order valence-electron chi connectivity index (χ0n) is 9.21. The molecule has 3 nitrogen and oxygen atoms in total. The maximum atomic E-state index is 13.2. The highest BCUT2D eigenvalue weighted by molar-refractivity contribution is 5.90. The van der Waals surface area contributed by atoms with Crippen LogP contribution in [0.15, 0.2) is 11.9 Å². The molecule has 0 bridgehead atoms. The van der Waals surface area contributed by atoms with E-state index in [0.29, 0.717) is 0 Å². The maximum absolute atomic E-state index is 13.2. The van der Waals surface area contributed by atoms with E-state index < -0.39 is 11.7 Å². The Morgan fingerprint density at radius 2 is 2.00 bits per heavy atom. The minimum Gasteiger partial charge on any atom is -0.274 e. The number of carbonyl (C=O) groups excluding carboxylic acids is 1. The van der Waals surface area contributed by atoms with Crippen LogP contribution in [0.5, 0.6) is 0 Å². The van der Waals surface area contributed by atoms with E-state index in [0.717, 1.165) is 17.9 Å². The van der Waals surface area contributed by atoms with Crippen LogP contribution in [0.4, 0.5) is 4.39 Å². The summed E-state index contributed by atoms with van der Waals surface area (Å²) in [6, 6.07) is 0. The second-order valence-corrected chi connectivity index (χ2v) is 3.08. The molecule has 0 N–H and O–H groups in total. The Kier molecular flexibility index (Phi) is 6.12. The van der Waals surface area contributed by atoms with Crippen molar-refractivity contribution >= 4 is 5.91 Å². The van der Waals surface area contributed by atoms with Gasteiger partial charge in [-0.1, -0.05) is 13.8 Å². The van der Waals surface area contributed by atoms with Crippen LogP contribution in [0.25, 0.3) is 0 Å². The highest BCUT2D eigenvalue weighted by Crippen LogP contribution is 2.14. The van der Waals surface area contributed by atoms with Gasteiger partial charge in [0.25, 0.3) is 0 Å². The predicted molar refractivity (Wildman–Crippen MR) is 53.0 cm³/mol. The van der Waals surface area contributed by atoms with Crippen molar-refractivity contribution in [1.29, 1.82) is 0 Å². The van der Waals surface area contributed by atoms with Crippen molar-refractivity contribution in [3.63, 3.8) is 0 Å². The molecule has 0 saturated carbocycles. The monoisotopic (exact) mass is 203 g/mol. The van der Waals surface area contributed by atoms with E-state index in [1.807, 2.05) is 13.8 Å². The SMILES string of the molecule is CCC(/C=C(\F)C(=O)N(C)OC)CC. The minimum atomic E-state index is -0.747. The van der Waals surface area contributed by atoms with Crippen LogP contribution < -0.4 is 0 Å². The van der Waals surface area contributed by atoms with Crippen LogP contribution in [0.1, 0.15) is 26.7 Å². The van der Waals surface area contributed by atoms with E-state index in [4.69, 9.17) is 0 Å². The molecule has 0 heterocycles. The Hall–Kier alpha value is -0.900. The maximum Gasteiger partial charge on any atom is 0.305 e. The fourth-order valence-electron chi connectivity index (χ4n) is 1.04. The number of hydroxylamine groups is 2. The van der Waals surface area contributed by atoms with Gasteiger partial charge in [0.15, 0.2) is 5.83 Å². The highest BCUT2D eigenvalue weighted by atomic mass is 19.1. The first-order valence-corrected chi connectivity index (χ1v) is 4.76. The molecule has 0 aromatic rings. The molecule has 0 radical (unpaired) electrons. The molecule has 0 aliphatic carbocycles. The zero-order chi connectivity index (χ0) is 11.1. The van der Waals surface area contributed by atoms with Crippen molar-refractivity contribution in [3.8, 4) is 0 Å². The molecule has 0 atom stereocenters. The summed E-state index contributed by atoms with van der Waals surface area (Å²) in [6.45, 7) is 3.92. The highest BCUT2D eigenvalue weighted by Gasteiger charge is 2.15. The number of hydrogen-bond acceptors (Lipinski definition) is 2.